The van der Waals surface area contributed by atoms with E-state index in [2.05, 4.69) is 6.92 Å². The van der Waals surface area contributed by atoms with E-state index in [0.717, 1.165) is 31.4 Å². The molecular weight excluding hydrogens is 602 g/mol. The molecule has 13 nitrogen and oxygen atoms in total. The van der Waals surface area contributed by atoms with Crippen LogP contribution in [-0.4, -0.2) is 138 Å². The summed E-state index contributed by atoms with van der Waals surface area (Å²) in [5.41, 5.74) is 6.35. The summed E-state index contributed by atoms with van der Waals surface area (Å²) in [5, 5.41) is 0. The number of rotatable bonds is 36. The van der Waals surface area contributed by atoms with Crippen LogP contribution < -0.4 is 10.5 Å². The van der Waals surface area contributed by atoms with Crippen LogP contribution in [0.15, 0.2) is 24.3 Å². The Morgan fingerprint density at radius 3 is 1.20 bits per heavy atom. The fourth-order valence-corrected chi connectivity index (χ4v) is 3.63. The van der Waals surface area contributed by atoms with Crippen molar-refractivity contribution >= 4 is 11.7 Å². The average molecular weight is 662 g/mol. The van der Waals surface area contributed by atoms with Gasteiger partial charge in [-0.2, -0.15) is 0 Å². The van der Waals surface area contributed by atoms with Gasteiger partial charge in [-0.05, 0) is 30.7 Å². The van der Waals surface area contributed by atoms with Crippen molar-refractivity contribution in [3.8, 4) is 5.75 Å². The molecule has 2 N–H and O–H groups in total. The van der Waals surface area contributed by atoms with Gasteiger partial charge in [0.05, 0.1) is 119 Å². The highest BCUT2D eigenvalue weighted by atomic mass is 16.6. The van der Waals surface area contributed by atoms with Gasteiger partial charge in [0, 0.05) is 12.1 Å². The lowest BCUT2D eigenvalue weighted by molar-refractivity contribution is -0.145. The second-order valence-corrected chi connectivity index (χ2v) is 9.96. The molecular formula is C33H59NO12. The van der Waals surface area contributed by atoms with Crippen molar-refractivity contribution in [2.24, 2.45) is 0 Å². The number of carbonyl (C=O) groups is 1. The maximum atomic E-state index is 11.5. The van der Waals surface area contributed by atoms with Gasteiger partial charge < -0.3 is 57.8 Å². The number of benzene rings is 1. The Bertz CT molecular complexity index is 772. The molecule has 1 rings (SSSR count). The first-order chi connectivity index (χ1) is 22.7. The molecule has 0 aromatic heterocycles. The van der Waals surface area contributed by atoms with E-state index in [9.17, 15) is 4.79 Å². The summed E-state index contributed by atoms with van der Waals surface area (Å²) >= 11 is 0. The summed E-state index contributed by atoms with van der Waals surface area (Å²) in [5.74, 6) is 0.617. The van der Waals surface area contributed by atoms with E-state index in [1.54, 1.807) is 12.1 Å². The van der Waals surface area contributed by atoms with Crippen LogP contribution >= 0.6 is 0 Å². The molecule has 268 valence electrons. The summed E-state index contributed by atoms with van der Waals surface area (Å²) in [7, 11) is 0. The molecule has 0 spiro atoms. The number of unbranched alkanes of at least 4 members (excludes halogenated alkanes) is 3. The fraction of sp³-hybridized carbons (Fsp3) is 0.788. The second kappa shape index (κ2) is 34.3. The zero-order valence-corrected chi connectivity index (χ0v) is 28.0. The SMILES string of the molecule is CCCCCCC(=O)OCCOCCOCCOCCOCCOCCOCCOCCOCCOCCOc1ccc(N)cc1. The molecule has 0 aliphatic heterocycles. The van der Waals surface area contributed by atoms with Crippen molar-refractivity contribution in [3.63, 3.8) is 0 Å². The van der Waals surface area contributed by atoms with E-state index >= 15 is 0 Å². The first-order valence-corrected chi connectivity index (χ1v) is 16.6. The first-order valence-electron chi connectivity index (χ1n) is 16.6. The molecule has 0 saturated heterocycles. The molecule has 1 aromatic carbocycles. The molecule has 0 fully saturated rings. The lowest BCUT2D eigenvalue weighted by atomic mass is 10.2. The predicted octanol–water partition coefficient (Wildman–Crippen LogP) is 3.31. The number of nitrogen functional groups attached to an aromatic ring is 1. The van der Waals surface area contributed by atoms with E-state index < -0.39 is 0 Å². The first kappa shape index (κ1) is 42.0. The molecule has 46 heavy (non-hydrogen) atoms. The third-order valence-corrected chi connectivity index (χ3v) is 6.08. The number of hydrogen-bond acceptors (Lipinski definition) is 13. The van der Waals surface area contributed by atoms with Crippen LogP contribution in [0.25, 0.3) is 0 Å². The van der Waals surface area contributed by atoms with Crippen molar-refractivity contribution in [3.05, 3.63) is 24.3 Å². The monoisotopic (exact) mass is 661 g/mol. The molecule has 0 amide bonds. The molecule has 0 unspecified atom stereocenters. The van der Waals surface area contributed by atoms with Crippen LogP contribution in [0.1, 0.15) is 39.0 Å². The minimum atomic E-state index is -0.153. The summed E-state index contributed by atoms with van der Waals surface area (Å²) in [6, 6.07) is 7.26. The zero-order valence-electron chi connectivity index (χ0n) is 28.0. The number of carbonyl (C=O) groups excluding carboxylic acids is 1. The van der Waals surface area contributed by atoms with Gasteiger partial charge in [0.2, 0.25) is 0 Å². The van der Waals surface area contributed by atoms with Gasteiger partial charge in [0.25, 0.3) is 0 Å². The maximum absolute atomic E-state index is 11.5. The summed E-state index contributed by atoms with van der Waals surface area (Å²) in [6.45, 7) is 11.7. The molecule has 0 atom stereocenters. The molecule has 0 radical (unpaired) electrons. The van der Waals surface area contributed by atoms with Gasteiger partial charge >= 0.3 is 5.97 Å². The van der Waals surface area contributed by atoms with E-state index in [-0.39, 0.29) is 12.6 Å². The van der Waals surface area contributed by atoms with Crippen LogP contribution in [-0.2, 0) is 52.2 Å². The van der Waals surface area contributed by atoms with Gasteiger partial charge in [-0.3, -0.25) is 4.79 Å². The number of hydrogen-bond donors (Lipinski definition) is 1. The van der Waals surface area contributed by atoms with Crippen molar-refractivity contribution in [1.82, 2.24) is 0 Å². The predicted molar refractivity (Wildman–Crippen MR) is 173 cm³/mol. The molecule has 0 aliphatic rings. The summed E-state index contributed by atoms with van der Waals surface area (Å²) in [6.07, 6.45) is 4.76. The van der Waals surface area contributed by atoms with E-state index in [0.29, 0.717) is 138 Å². The Labute approximate surface area is 275 Å². The molecule has 0 bridgehead atoms. The molecule has 0 aliphatic carbocycles. The number of anilines is 1. The lowest BCUT2D eigenvalue weighted by Gasteiger charge is -2.09. The minimum absolute atomic E-state index is 0.153. The summed E-state index contributed by atoms with van der Waals surface area (Å²) in [4.78, 5) is 11.5. The van der Waals surface area contributed by atoms with E-state index in [4.69, 9.17) is 57.8 Å². The number of nitrogens with two attached hydrogens (primary N) is 1. The third-order valence-electron chi connectivity index (χ3n) is 6.08. The average Bonchev–Trinajstić information content (AvgIpc) is 3.06. The van der Waals surface area contributed by atoms with Crippen LogP contribution in [0, 0.1) is 0 Å². The molecule has 13 heteroatoms. The summed E-state index contributed by atoms with van der Waals surface area (Å²) < 4.78 is 59.8. The van der Waals surface area contributed by atoms with E-state index in [1.165, 1.54) is 0 Å². The highest BCUT2D eigenvalue weighted by Gasteiger charge is 2.02. The van der Waals surface area contributed by atoms with Gasteiger partial charge in [-0.25, -0.2) is 0 Å². The highest BCUT2D eigenvalue weighted by Crippen LogP contribution is 2.12. The van der Waals surface area contributed by atoms with Crippen molar-refractivity contribution in [2.75, 3.05) is 138 Å². The highest BCUT2D eigenvalue weighted by molar-refractivity contribution is 5.69. The Morgan fingerprint density at radius 2 is 0.826 bits per heavy atom. The van der Waals surface area contributed by atoms with Gasteiger partial charge in [0.1, 0.15) is 19.0 Å². The normalized spacial score (nSPS) is 11.2. The smallest absolute Gasteiger partial charge is 0.305 e. The number of esters is 1. The third kappa shape index (κ3) is 30.6. The van der Waals surface area contributed by atoms with Crippen LogP contribution in [0.3, 0.4) is 0 Å². The van der Waals surface area contributed by atoms with Crippen LogP contribution in [0.5, 0.6) is 5.75 Å². The number of ether oxygens (including phenoxy) is 11. The largest absolute Gasteiger partial charge is 0.491 e. The fourth-order valence-electron chi connectivity index (χ4n) is 3.63. The quantitative estimate of drug-likeness (QED) is 0.0639. The lowest BCUT2D eigenvalue weighted by Crippen LogP contribution is -2.15. The maximum Gasteiger partial charge on any atom is 0.305 e. The Balaban J connectivity index is 1.64. The van der Waals surface area contributed by atoms with Crippen LogP contribution in [0.4, 0.5) is 5.69 Å². The Kier molecular flexibility index (Phi) is 31.3. The van der Waals surface area contributed by atoms with E-state index in [1.807, 2.05) is 12.1 Å². The van der Waals surface area contributed by atoms with Gasteiger partial charge in [-0.15, -0.1) is 0 Å². The zero-order chi connectivity index (χ0) is 33.0. The van der Waals surface area contributed by atoms with Gasteiger partial charge in [-0.1, -0.05) is 26.2 Å². The Morgan fingerprint density at radius 1 is 0.478 bits per heavy atom. The van der Waals surface area contributed by atoms with Crippen molar-refractivity contribution in [1.29, 1.82) is 0 Å². The molecule has 0 heterocycles. The Hall–Kier alpha value is -2.07. The molecule has 0 saturated carbocycles. The minimum Gasteiger partial charge on any atom is -0.491 e. The standard InChI is InChI=1S/C33H59NO12/c1-2-3-4-5-6-33(35)46-30-28-44-26-24-42-22-20-40-18-16-38-14-12-36-11-13-37-15-17-39-19-21-41-23-25-43-27-29-45-32-9-7-31(34)8-10-32/h7-10H,2-6,11-30,34H2,1H3. The van der Waals surface area contributed by atoms with Crippen LogP contribution in [0.2, 0.25) is 0 Å². The van der Waals surface area contributed by atoms with Crippen molar-refractivity contribution < 1.29 is 56.9 Å². The van der Waals surface area contributed by atoms with Gasteiger partial charge in [0.15, 0.2) is 0 Å². The molecule has 1 aromatic rings. The second-order valence-electron chi connectivity index (χ2n) is 9.96. The topological polar surface area (TPSA) is 145 Å². The van der Waals surface area contributed by atoms with Crippen molar-refractivity contribution in [2.45, 2.75) is 39.0 Å².